The molecular weight excluding hydrogens is 395 g/mol. The topological polar surface area (TPSA) is 73.4 Å². The zero-order valence-electron chi connectivity index (χ0n) is 17.8. The minimum Gasteiger partial charge on any atom is -0.497 e. The molecule has 0 atom stereocenters. The number of hydrogen-bond donors (Lipinski definition) is 1. The van der Waals surface area contributed by atoms with Crippen molar-refractivity contribution in [1.29, 1.82) is 0 Å². The summed E-state index contributed by atoms with van der Waals surface area (Å²) in [6.45, 7) is 3.79. The Morgan fingerprint density at radius 1 is 1.10 bits per heavy atom. The molecule has 1 amide bonds. The van der Waals surface area contributed by atoms with E-state index in [0.717, 1.165) is 34.1 Å². The average molecular weight is 420 g/mol. The Hall–Kier alpha value is -3.45. The van der Waals surface area contributed by atoms with Gasteiger partial charge in [0.2, 0.25) is 5.91 Å². The summed E-state index contributed by atoms with van der Waals surface area (Å²) in [6, 6.07) is 14.2. The number of carbonyl (C=O) groups excluding carboxylic acids is 1. The van der Waals surface area contributed by atoms with E-state index >= 15 is 0 Å². The number of hydrogen-bond acceptors (Lipinski definition) is 4. The van der Waals surface area contributed by atoms with Crippen LogP contribution in [0.5, 0.6) is 5.75 Å². The molecule has 2 N–H and O–H groups in total. The molecular formula is C24H25FN4O2. The third-order valence-corrected chi connectivity index (χ3v) is 5.62. The summed E-state index contributed by atoms with van der Waals surface area (Å²) < 4.78 is 20.8. The zero-order valence-corrected chi connectivity index (χ0v) is 17.8. The average Bonchev–Trinajstić information content (AvgIpc) is 3.14. The van der Waals surface area contributed by atoms with Gasteiger partial charge in [-0.1, -0.05) is 12.1 Å². The number of benzene rings is 2. The molecule has 0 saturated carbocycles. The van der Waals surface area contributed by atoms with Crippen LogP contribution in [0.4, 0.5) is 4.39 Å². The van der Waals surface area contributed by atoms with E-state index in [9.17, 15) is 9.18 Å². The second-order valence-electron chi connectivity index (χ2n) is 7.96. The Morgan fingerprint density at radius 2 is 1.77 bits per heavy atom. The molecule has 160 valence electrons. The van der Waals surface area contributed by atoms with Crippen molar-refractivity contribution in [3.63, 3.8) is 0 Å². The highest BCUT2D eigenvalue weighted by molar-refractivity contribution is 5.81. The van der Waals surface area contributed by atoms with Gasteiger partial charge in [0.05, 0.1) is 25.0 Å². The number of aromatic nitrogens is 2. The van der Waals surface area contributed by atoms with Crippen LogP contribution >= 0.6 is 0 Å². The molecule has 6 nitrogen and oxygen atoms in total. The maximum absolute atomic E-state index is 13.5. The van der Waals surface area contributed by atoms with E-state index in [2.05, 4.69) is 0 Å². The summed E-state index contributed by atoms with van der Waals surface area (Å²) in [4.78, 5) is 18.9. The van der Waals surface area contributed by atoms with E-state index in [4.69, 9.17) is 15.5 Å². The first kappa shape index (κ1) is 20.8. The van der Waals surface area contributed by atoms with E-state index in [0.29, 0.717) is 6.42 Å². The predicted molar refractivity (Wildman–Crippen MR) is 118 cm³/mol. The highest BCUT2D eigenvalue weighted by Crippen LogP contribution is 2.37. The number of imidazole rings is 1. The van der Waals surface area contributed by atoms with Gasteiger partial charge in [-0.2, -0.15) is 0 Å². The van der Waals surface area contributed by atoms with E-state index in [-0.39, 0.29) is 18.3 Å². The van der Waals surface area contributed by atoms with E-state index in [1.165, 1.54) is 12.1 Å². The first-order valence-electron chi connectivity index (χ1n) is 10.1. The number of carbonyl (C=O) groups is 1. The van der Waals surface area contributed by atoms with Crippen LogP contribution in [0.1, 0.15) is 30.9 Å². The van der Waals surface area contributed by atoms with Gasteiger partial charge in [0.25, 0.3) is 0 Å². The Balaban J connectivity index is 1.85. The summed E-state index contributed by atoms with van der Waals surface area (Å²) in [5.74, 6) is 1.02. The molecule has 0 unspecified atom stereocenters. The van der Waals surface area contributed by atoms with Crippen LogP contribution < -0.4 is 10.5 Å². The van der Waals surface area contributed by atoms with Crippen LogP contribution in [0, 0.1) is 5.82 Å². The van der Waals surface area contributed by atoms with Gasteiger partial charge < -0.3 is 19.9 Å². The van der Waals surface area contributed by atoms with Gasteiger partial charge in [-0.15, -0.1) is 0 Å². The molecule has 0 bridgehead atoms. The van der Waals surface area contributed by atoms with Crippen molar-refractivity contribution in [2.24, 2.45) is 5.73 Å². The van der Waals surface area contributed by atoms with Gasteiger partial charge in [-0.3, -0.25) is 4.79 Å². The van der Waals surface area contributed by atoms with Crippen LogP contribution in [0.2, 0.25) is 0 Å². The monoisotopic (exact) mass is 420 g/mol. The molecule has 1 aliphatic heterocycles. The van der Waals surface area contributed by atoms with E-state index < -0.39 is 5.54 Å². The molecule has 1 aromatic heterocycles. The molecule has 0 fully saturated rings. The van der Waals surface area contributed by atoms with Crippen molar-refractivity contribution >= 4 is 12.1 Å². The molecule has 0 saturated heterocycles. The van der Waals surface area contributed by atoms with E-state index in [1.807, 2.05) is 48.9 Å². The summed E-state index contributed by atoms with van der Waals surface area (Å²) >= 11 is 0. The largest absolute Gasteiger partial charge is 0.497 e. The Bertz CT molecular complexity index is 1130. The Morgan fingerprint density at radius 3 is 2.39 bits per heavy atom. The quantitative estimate of drug-likeness (QED) is 0.682. The van der Waals surface area contributed by atoms with Crippen molar-refractivity contribution in [3.8, 4) is 17.0 Å². The molecule has 2 heterocycles. The van der Waals surface area contributed by atoms with Gasteiger partial charge >= 0.3 is 0 Å². The highest BCUT2D eigenvalue weighted by atomic mass is 19.1. The SMILES string of the molecule is COc1ccc(Cc2c(-c3ccc(F)cc3)nc3n2C=CN(C(=O)CN)C3(C)C)cc1. The second kappa shape index (κ2) is 8.00. The maximum Gasteiger partial charge on any atom is 0.241 e. The molecule has 4 rings (SSSR count). The summed E-state index contributed by atoms with van der Waals surface area (Å²) in [5, 5.41) is 0. The summed E-state index contributed by atoms with van der Waals surface area (Å²) in [7, 11) is 1.64. The van der Waals surface area contributed by atoms with Crippen molar-refractivity contribution < 1.29 is 13.9 Å². The number of fused-ring (bicyclic) bond motifs is 1. The van der Waals surface area contributed by atoms with Crippen molar-refractivity contribution in [2.75, 3.05) is 13.7 Å². The molecule has 0 radical (unpaired) electrons. The van der Waals surface area contributed by atoms with Crippen molar-refractivity contribution in [2.45, 2.75) is 25.8 Å². The fourth-order valence-corrected chi connectivity index (χ4v) is 3.92. The predicted octanol–water partition coefficient (Wildman–Crippen LogP) is 3.75. The number of rotatable bonds is 5. The number of nitrogens with two attached hydrogens (primary N) is 1. The minimum atomic E-state index is -0.696. The number of ether oxygens (including phenoxy) is 1. The zero-order chi connectivity index (χ0) is 22.2. The van der Waals surface area contributed by atoms with Crippen molar-refractivity contribution in [1.82, 2.24) is 14.5 Å². The number of amides is 1. The highest BCUT2D eigenvalue weighted by Gasteiger charge is 2.39. The van der Waals surface area contributed by atoms with Gasteiger partial charge in [-0.05, 0) is 55.8 Å². The molecule has 2 aromatic carbocycles. The fraction of sp³-hybridized carbons (Fsp3) is 0.250. The first-order chi connectivity index (χ1) is 14.8. The second-order valence-corrected chi connectivity index (χ2v) is 7.96. The lowest BCUT2D eigenvalue weighted by Gasteiger charge is -2.38. The third kappa shape index (κ3) is 3.72. The molecule has 3 aromatic rings. The standard InChI is InChI=1S/C24H25FN4O2/c1-24(2)23-27-22(17-6-8-18(25)9-7-17)20(14-16-4-10-19(31-3)11-5-16)28(23)12-13-29(24)21(30)15-26/h4-13H,14-15,26H2,1-3H3. The number of methoxy groups -OCH3 is 1. The number of halogens is 1. The van der Waals surface area contributed by atoms with Gasteiger partial charge in [0, 0.05) is 24.4 Å². The van der Waals surface area contributed by atoms with Crippen molar-refractivity contribution in [3.05, 3.63) is 77.6 Å². The lowest BCUT2D eigenvalue weighted by Crippen LogP contribution is -2.47. The van der Waals surface area contributed by atoms with Gasteiger partial charge in [0.1, 0.15) is 22.9 Å². The Labute approximate surface area is 180 Å². The van der Waals surface area contributed by atoms with E-state index in [1.54, 1.807) is 30.3 Å². The Kier molecular flexibility index (Phi) is 5.37. The van der Waals surface area contributed by atoms with Gasteiger partial charge in [0.15, 0.2) is 0 Å². The molecule has 0 spiro atoms. The fourth-order valence-electron chi connectivity index (χ4n) is 3.92. The maximum atomic E-state index is 13.5. The smallest absolute Gasteiger partial charge is 0.241 e. The molecule has 0 aliphatic carbocycles. The van der Waals surface area contributed by atoms with Crippen LogP contribution in [0.3, 0.4) is 0 Å². The first-order valence-corrected chi connectivity index (χ1v) is 10.1. The summed E-state index contributed by atoms with van der Waals surface area (Å²) in [5.41, 5.74) is 8.52. The lowest BCUT2D eigenvalue weighted by atomic mass is 10.00. The van der Waals surface area contributed by atoms with Crippen LogP contribution in [-0.4, -0.2) is 34.0 Å². The van der Waals surface area contributed by atoms with Crippen LogP contribution in [-0.2, 0) is 16.8 Å². The minimum absolute atomic E-state index is 0.0853. The summed E-state index contributed by atoms with van der Waals surface area (Å²) in [6.07, 6.45) is 4.19. The van der Waals surface area contributed by atoms with Crippen LogP contribution in [0.15, 0.2) is 54.7 Å². The lowest BCUT2D eigenvalue weighted by molar-refractivity contribution is -0.132. The number of nitrogens with zero attached hydrogens (tertiary/aromatic N) is 3. The molecule has 7 heteroatoms. The third-order valence-electron chi connectivity index (χ3n) is 5.62. The van der Waals surface area contributed by atoms with Gasteiger partial charge in [-0.25, -0.2) is 9.37 Å². The normalized spacial score (nSPS) is 14.4. The molecule has 31 heavy (non-hydrogen) atoms. The molecule has 1 aliphatic rings. The van der Waals surface area contributed by atoms with Crippen LogP contribution in [0.25, 0.3) is 17.5 Å².